The molecule has 0 aliphatic carbocycles. The van der Waals surface area contributed by atoms with Crippen LogP contribution in [0.1, 0.15) is 5.56 Å². The Bertz CT molecular complexity index is 668. The van der Waals surface area contributed by atoms with Crippen molar-refractivity contribution in [3.05, 3.63) is 24.2 Å². The number of carboxylic acid groups (broad SMARTS) is 1. The third-order valence-corrected chi connectivity index (χ3v) is 4.56. The van der Waals surface area contributed by atoms with Gasteiger partial charge in [-0.25, -0.2) is 14.3 Å². The summed E-state index contributed by atoms with van der Waals surface area (Å²) in [5, 5.41) is 14.1. The van der Waals surface area contributed by atoms with Gasteiger partial charge in [0.1, 0.15) is 16.9 Å². The first kappa shape index (κ1) is 14.2. The van der Waals surface area contributed by atoms with Gasteiger partial charge < -0.3 is 10.0 Å². The van der Waals surface area contributed by atoms with Crippen molar-refractivity contribution in [2.45, 2.75) is 17.6 Å². The highest BCUT2D eigenvalue weighted by atomic mass is 32.2. The fraction of sp³-hybridized carbons (Fsp3) is 0.462. The Morgan fingerprint density at radius 3 is 3.00 bits per heavy atom. The second kappa shape index (κ2) is 5.53. The Hall–Kier alpha value is -1.80. The van der Waals surface area contributed by atoms with Crippen LogP contribution in [-0.4, -0.2) is 68.0 Å². The van der Waals surface area contributed by atoms with E-state index in [2.05, 4.69) is 21.0 Å². The quantitative estimate of drug-likeness (QED) is 0.857. The molecule has 0 aromatic carbocycles. The van der Waals surface area contributed by atoms with E-state index in [1.165, 1.54) is 10.5 Å². The zero-order valence-corrected chi connectivity index (χ0v) is 12.7. The van der Waals surface area contributed by atoms with Gasteiger partial charge in [0.05, 0.1) is 6.04 Å². The highest BCUT2D eigenvalue weighted by molar-refractivity contribution is 7.98. The fourth-order valence-electron chi connectivity index (χ4n) is 2.58. The molecule has 1 aliphatic rings. The highest BCUT2D eigenvalue weighted by Gasteiger charge is 2.32. The van der Waals surface area contributed by atoms with Crippen LogP contribution >= 0.6 is 11.8 Å². The number of likely N-dealkylation sites (tertiary alicyclic amines) is 1. The lowest BCUT2D eigenvalue weighted by molar-refractivity contribution is 0.0445. The van der Waals surface area contributed by atoms with Crippen LogP contribution in [0.2, 0.25) is 0 Å². The zero-order valence-electron chi connectivity index (χ0n) is 11.9. The largest absolute Gasteiger partial charge is 0.465 e. The summed E-state index contributed by atoms with van der Waals surface area (Å²) >= 11 is 1.60. The Morgan fingerprint density at radius 1 is 1.57 bits per heavy atom. The van der Waals surface area contributed by atoms with Crippen LogP contribution in [0.25, 0.3) is 5.52 Å². The van der Waals surface area contributed by atoms with Crippen LogP contribution in [0.15, 0.2) is 23.6 Å². The van der Waals surface area contributed by atoms with E-state index >= 15 is 0 Å². The molecule has 3 rings (SSSR count). The van der Waals surface area contributed by atoms with Gasteiger partial charge in [-0.05, 0) is 17.9 Å². The van der Waals surface area contributed by atoms with Crippen molar-refractivity contribution in [2.75, 3.05) is 26.4 Å². The molecular formula is C13H17N5O2S. The van der Waals surface area contributed by atoms with E-state index in [1.54, 1.807) is 25.1 Å². The summed E-state index contributed by atoms with van der Waals surface area (Å²) in [6.45, 7) is 2.33. The first-order chi connectivity index (χ1) is 10.1. The van der Waals surface area contributed by atoms with Gasteiger partial charge in [0.15, 0.2) is 0 Å². The molecule has 0 spiro atoms. The summed E-state index contributed by atoms with van der Waals surface area (Å²) < 4.78 is 1.84. The summed E-state index contributed by atoms with van der Waals surface area (Å²) in [6.07, 6.45) is 4.63. The molecule has 0 unspecified atom stereocenters. The summed E-state index contributed by atoms with van der Waals surface area (Å²) in [4.78, 5) is 18.8. The average Bonchev–Trinajstić information content (AvgIpc) is 2.84. The normalized spacial score (nSPS) is 16.1. The van der Waals surface area contributed by atoms with E-state index < -0.39 is 6.09 Å². The molecule has 1 N–H and O–H groups in total. The molecule has 0 bridgehead atoms. The minimum atomic E-state index is -0.868. The minimum Gasteiger partial charge on any atom is -0.465 e. The van der Waals surface area contributed by atoms with E-state index in [4.69, 9.17) is 5.11 Å². The van der Waals surface area contributed by atoms with Gasteiger partial charge in [0.2, 0.25) is 0 Å². The molecule has 0 atom stereocenters. The number of thioether (sulfide) groups is 1. The molecule has 0 saturated carbocycles. The van der Waals surface area contributed by atoms with Crippen molar-refractivity contribution in [3.8, 4) is 0 Å². The molecule has 0 radical (unpaired) electrons. The van der Waals surface area contributed by atoms with Crippen LogP contribution in [0, 0.1) is 0 Å². The maximum atomic E-state index is 10.9. The molecule has 2 aromatic heterocycles. The van der Waals surface area contributed by atoms with Crippen molar-refractivity contribution >= 4 is 23.4 Å². The Morgan fingerprint density at radius 2 is 2.33 bits per heavy atom. The number of hydrogen-bond acceptors (Lipinski definition) is 5. The van der Waals surface area contributed by atoms with Crippen molar-refractivity contribution in [1.82, 2.24) is 24.4 Å². The van der Waals surface area contributed by atoms with Crippen LogP contribution in [-0.2, 0) is 6.54 Å². The topological polar surface area (TPSA) is 74.0 Å². The van der Waals surface area contributed by atoms with E-state index in [-0.39, 0.29) is 6.04 Å². The van der Waals surface area contributed by atoms with E-state index in [1.807, 2.05) is 17.0 Å². The van der Waals surface area contributed by atoms with Gasteiger partial charge in [0, 0.05) is 32.9 Å². The van der Waals surface area contributed by atoms with Gasteiger partial charge in [-0.3, -0.25) is 4.90 Å². The summed E-state index contributed by atoms with van der Waals surface area (Å²) in [5.41, 5.74) is 2.22. The van der Waals surface area contributed by atoms with Gasteiger partial charge in [-0.15, -0.1) is 11.8 Å². The Labute approximate surface area is 126 Å². The lowest BCUT2D eigenvalue weighted by Crippen LogP contribution is -2.58. The number of aromatic nitrogens is 3. The highest BCUT2D eigenvalue weighted by Crippen LogP contribution is 2.25. The van der Waals surface area contributed by atoms with Crippen molar-refractivity contribution < 1.29 is 9.90 Å². The molecule has 8 heteroatoms. The Kier molecular flexibility index (Phi) is 3.73. The van der Waals surface area contributed by atoms with E-state index in [0.717, 1.165) is 30.2 Å². The van der Waals surface area contributed by atoms with Crippen LogP contribution in [0.3, 0.4) is 0 Å². The van der Waals surface area contributed by atoms with Crippen molar-refractivity contribution in [1.29, 1.82) is 0 Å². The predicted octanol–water partition coefficient (Wildman–Crippen LogP) is 1.25. The molecule has 7 nitrogen and oxygen atoms in total. The smallest absolute Gasteiger partial charge is 0.407 e. The second-order valence-corrected chi connectivity index (χ2v) is 5.94. The van der Waals surface area contributed by atoms with Gasteiger partial charge >= 0.3 is 6.09 Å². The number of likely N-dealkylation sites (N-methyl/N-ethyl adjacent to an activating group) is 1. The molecule has 112 valence electrons. The maximum Gasteiger partial charge on any atom is 0.407 e. The molecule has 1 amide bonds. The Balaban J connectivity index is 1.71. The van der Waals surface area contributed by atoms with E-state index in [0.29, 0.717) is 0 Å². The summed E-state index contributed by atoms with van der Waals surface area (Å²) in [7, 11) is 1.62. The number of rotatable bonds is 4. The number of fused-ring (bicyclic) bond motifs is 1. The fourth-order valence-corrected chi connectivity index (χ4v) is 3.15. The third-order valence-electron chi connectivity index (χ3n) is 3.88. The monoisotopic (exact) mass is 307 g/mol. The molecular weight excluding hydrogens is 290 g/mol. The third kappa shape index (κ3) is 2.56. The lowest BCUT2D eigenvalue weighted by Gasteiger charge is -2.42. The maximum absolute atomic E-state index is 10.9. The summed E-state index contributed by atoms with van der Waals surface area (Å²) in [6, 6.07) is 2.14. The minimum absolute atomic E-state index is 0.0904. The van der Waals surface area contributed by atoms with Crippen molar-refractivity contribution in [2.24, 2.45) is 0 Å². The van der Waals surface area contributed by atoms with Crippen LogP contribution < -0.4 is 0 Å². The summed E-state index contributed by atoms with van der Waals surface area (Å²) in [5.74, 6) is 0. The number of nitrogens with zero attached hydrogens (tertiary/aromatic N) is 5. The number of hydrogen-bond donors (Lipinski definition) is 1. The van der Waals surface area contributed by atoms with Gasteiger partial charge in [-0.1, -0.05) is 0 Å². The molecule has 1 aliphatic heterocycles. The molecule has 2 aromatic rings. The van der Waals surface area contributed by atoms with Crippen molar-refractivity contribution in [3.63, 3.8) is 0 Å². The average molecular weight is 307 g/mol. The second-order valence-electron chi connectivity index (χ2n) is 5.14. The first-order valence-corrected chi connectivity index (χ1v) is 7.86. The van der Waals surface area contributed by atoms with Crippen LogP contribution in [0.4, 0.5) is 4.79 Å². The first-order valence-electron chi connectivity index (χ1n) is 6.63. The zero-order chi connectivity index (χ0) is 15.0. The predicted molar refractivity (Wildman–Crippen MR) is 79.6 cm³/mol. The standard InChI is InChI=1S/C13H17N5O2S/c1-16(13(19)20)10-6-17(7-10)5-9-3-4-18-11(9)12(21-2)14-8-15-18/h3-4,8,10H,5-7H2,1-2H3,(H,19,20). The van der Waals surface area contributed by atoms with Gasteiger partial charge in [-0.2, -0.15) is 5.10 Å². The molecule has 1 saturated heterocycles. The van der Waals surface area contributed by atoms with Gasteiger partial charge in [0.25, 0.3) is 0 Å². The molecule has 1 fully saturated rings. The van der Waals surface area contributed by atoms with E-state index in [9.17, 15) is 4.79 Å². The lowest BCUT2D eigenvalue weighted by atomic mass is 10.1. The number of amides is 1. The molecule has 21 heavy (non-hydrogen) atoms. The molecule has 3 heterocycles. The van der Waals surface area contributed by atoms with Crippen LogP contribution in [0.5, 0.6) is 0 Å². The SMILES string of the molecule is CSc1ncnn2ccc(CN3CC(N(C)C(=O)O)C3)c12. The number of carbonyl (C=O) groups is 1.